The van der Waals surface area contributed by atoms with Crippen molar-refractivity contribution in [3.05, 3.63) is 59.4 Å². The number of likely N-dealkylation sites (tertiary alicyclic amines) is 1. The number of aromatic nitrogens is 2. The van der Waals surface area contributed by atoms with Crippen LogP contribution in [0.5, 0.6) is 5.75 Å². The minimum absolute atomic E-state index is 0.0958. The van der Waals surface area contributed by atoms with Crippen molar-refractivity contribution in [3.63, 3.8) is 0 Å². The molecule has 1 saturated heterocycles. The SMILES string of the molecule is COc1ccc2c(c1)nc(C)n2Cc1ccc(C(=O)N(C)C2CCN(C(C)C)C2)cc1. The summed E-state index contributed by atoms with van der Waals surface area (Å²) in [6.07, 6.45) is 1.04. The third kappa shape index (κ3) is 4.30. The van der Waals surface area contributed by atoms with Crippen molar-refractivity contribution in [2.24, 2.45) is 0 Å². The van der Waals surface area contributed by atoms with Crippen LogP contribution in [0, 0.1) is 6.92 Å². The summed E-state index contributed by atoms with van der Waals surface area (Å²) in [6.45, 7) is 9.17. The van der Waals surface area contributed by atoms with Crippen LogP contribution in [0.1, 0.15) is 42.0 Å². The highest BCUT2D eigenvalue weighted by Crippen LogP contribution is 2.23. The number of fused-ring (bicyclic) bond motifs is 1. The molecule has 31 heavy (non-hydrogen) atoms. The average molecular weight is 421 g/mol. The lowest BCUT2D eigenvalue weighted by Crippen LogP contribution is -2.40. The minimum Gasteiger partial charge on any atom is -0.497 e. The van der Waals surface area contributed by atoms with Gasteiger partial charge < -0.3 is 14.2 Å². The molecule has 0 aliphatic carbocycles. The number of methoxy groups -OCH3 is 1. The summed E-state index contributed by atoms with van der Waals surface area (Å²) >= 11 is 0. The van der Waals surface area contributed by atoms with Crippen LogP contribution in [0.4, 0.5) is 0 Å². The molecule has 164 valence electrons. The maximum atomic E-state index is 13.0. The van der Waals surface area contributed by atoms with Gasteiger partial charge in [-0.2, -0.15) is 0 Å². The highest BCUT2D eigenvalue weighted by atomic mass is 16.5. The predicted molar refractivity (Wildman–Crippen MR) is 124 cm³/mol. The first-order chi connectivity index (χ1) is 14.9. The number of benzene rings is 2. The summed E-state index contributed by atoms with van der Waals surface area (Å²) < 4.78 is 7.50. The number of imidazole rings is 1. The van der Waals surface area contributed by atoms with Crippen molar-refractivity contribution < 1.29 is 9.53 Å². The second kappa shape index (κ2) is 8.71. The highest BCUT2D eigenvalue weighted by Gasteiger charge is 2.29. The van der Waals surface area contributed by atoms with Crippen molar-refractivity contribution in [1.82, 2.24) is 19.4 Å². The Morgan fingerprint density at radius 1 is 1.23 bits per heavy atom. The van der Waals surface area contributed by atoms with Gasteiger partial charge in [-0.05, 0) is 57.0 Å². The van der Waals surface area contributed by atoms with Crippen LogP contribution in [0.3, 0.4) is 0 Å². The molecule has 6 heteroatoms. The second-order valence-electron chi connectivity index (χ2n) is 8.74. The molecule has 1 aromatic heterocycles. The lowest BCUT2D eigenvalue weighted by molar-refractivity contribution is 0.0732. The summed E-state index contributed by atoms with van der Waals surface area (Å²) in [4.78, 5) is 22.0. The Hall–Kier alpha value is -2.86. The first-order valence-corrected chi connectivity index (χ1v) is 11.0. The van der Waals surface area contributed by atoms with Gasteiger partial charge in [-0.15, -0.1) is 0 Å². The normalized spacial score (nSPS) is 16.9. The quantitative estimate of drug-likeness (QED) is 0.606. The van der Waals surface area contributed by atoms with Crippen LogP contribution >= 0.6 is 0 Å². The van der Waals surface area contributed by atoms with E-state index in [1.807, 2.05) is 61.3 Å². The predicted octanol–water partition coefficient (Wildman–Crippen LogP) is 3.96. The zero-order valence-corrected chi connectivity index (χ0v) is 19.1. The number of amides is 1. The third-order valence-corrected chi connectivity index (χ3v) is 6.48. The summed E-state index contributed by atoms with van der Waals surface area (Å²) in [5.74, 6) is 1.86. The summed E-state index contributed by atoms with van der Waals surface area (Å²) in [6, 6.07) is 14.8. The molecule has 6 nitrogen and oxygen atoms in total. The number of hydrogen-bond acceptors (Lipinski definition) is 4. The molecule has 0 bridgehead atoms. The molecule has 0 spiro atoms. The molecule has 0 saturated carbocycles. The van der Waals surface area contributed by atoms with E-state index in [9.17, 15) is 4.79 Å². The molecule has 1 unspecified atom stereocenters. The molecule has 0 radical (unpaired) electrons. The van der Waals surface area contributed by atoms with Gasteiger partial charge in [0.2, 0.25) is 0 Å². The number of carbonyl (C=O) groups excluding carboxylic acids is 1. The Bertz CT molecular complexity index is 1070. The van der Waals surface area contributed by atoms with Crippen LogP contribution in [0.15, 0.2) is 42.5 Å². The number of likely N-dealkylation sites (N-methyl/N-ethyl adjacent to an activating group) is 1. The van der Waals surface area contributed by atoms with Crippen molar-refractivity contribution in [1.29, 1.82) is 0 Å². The van der Waals surface area contributed by atoms with Gasteiger partial charge in [-0.1, -0.05) is 12.1 Å². The standard InChI is InChI=1S/C25H32N4O2/c1-17(2)28-13-12-21(16-28)27(4)25(30)20-8-6-19(7-9-20)15-29-18(3)26-23-14-22(31-5)10-11-24(23)29/h6-11,14,17,21H,12-13,15-16H2,1-5H3. The van der Waals surface area contributed by atoms with Gasteiger partial charge in [0.25, 0.3) is 5.91 Å². The second-order valence-corrected chi connectivity index (χ2v) is 8.74. The van der Waals surface area contributed by atoms with E-state index in [4.69, 9.17) is 4.74 Å². The average Bonchev–Trinajstić information content (AvgIpc) is 3.38. The lowest BCUT2D eigenvalue weighted by atomic mass is 10.1. The van der Waals surface area contributed by atoms with Gasteiger partial charge in [0, 0.05) is 50.4 Å². The first-order valence-electron chi connectivity index (χ1n) is 11.0. The number of ether oxygens (including phenoxy) is 1. The monoisotopic (exact) mass is 420 g/mol. The van der Waals surface area contributed by atoms with Gasteiger partial charge in [0.1, 0.15) is 11.6 Å². The first kappa shape index (κ1) is 21.4. The molecule has 1 fully saturated rings. The molecular weight excluding hydrogens is 388 g/mol. The summed E-state index contributed by atoms with van der Waals surface area (Å²) in [5, 5.41) is 0. The van der Waals surface area contributed by atoms with Crippen molar-refractivity contribution in [2.75, 3.05) is 27.2 Å². The molecular formula is C25H32N4O2. The van der Waals surface area contributed by atoms with E-state index >= 15 is 0 Å². The van der Waals surface area contributed by atoms with Crippen LogP contribution in [0.25, 0.3) is 11.0 Å². The number of nitrogens with zero attached hydrogens (tertiary/aromatic N) is 4. The summed E-state index contributed by atoms with van der Waals surface area (Å²) in [5.41, 5.74) is 3.89. The van der Waals surface area contributed by atoms with Gasteiger partial charge in [0.05, 0.1) is 18.1 Å². The van der Waals surface area contributed by atoms with E-state index in [2.05, 4.69) is 28.3 Å². The minimum atomic E-state index is 0.0958. The molecule has 1 atom stereocenters. The fourth-order valence-electron chi connectivity index (χ4n) is 4.41. The van der Waals surface area contributed by atoms with Gasteiger partial charge >= 0.3 is 0 Å². The fourth-order valence-corrected chi connectivity index (χ4v) is 4.41. The van der Waals surface area contributed by atoms with E-state index in [1.54, 1.807) is 7.11 Å². The summed E-state index contributed by atoms with van der Waals surface area (Å²) in [7, 11) is 3.60. The Morgan fingerprint density at radius 2 is 1.97 bits per heavy atom. The third-order valence-electron chi connectivity index (χ3n) is 6.48. The molecule has 4 rings (SSSR count). The van der Waals surface area contributed by atoms with Crippen LogP contribution < -0.4 is 4.74 Å². The Kier molecular flexibility index (Phi) is 6.01. The maximum Gasteiger partial charge on any atom is 0.253 e. The maximum absolute atomic E-state index is 13.0. The molecule has 3 aromatic rings. The zero-order valence-electron chi connectivity index (χ0n) is 19.1. The molecule has 1 aliphatic rings. The Morgan fingerprint density at radius 3 is 2.61 bits per heavy atom. The molecule has 0 N–H and O–H groups in total. The molecule has 2 aromatic carbocycles. The molecule has 2 heterocycles. The smallest absolute Gasteiger partial charge is 0.253 e. The van der Waals surface area contributed by atoms with E-state index in [1.165, 1.54) is 0 Å². The van der Waals surface area contributed by atoms with Crippen LogP contribution in [-0.2, 0) is 6.54 Å². The number of aryl methyl sites for hydroxylation is 1. The number of hydrogen-bond donors (Lipinski definition) is 0. The van der Waals surface area contributed by atoms with Gasteiger partial charge in [-0.3, -0.25) is 9.69 Å². The number of carbonyl (C=O) groups is 1. The lowest BCUT2D eigenvalue weighted by Gasteiger charge is -2.26. The largest absolute Gasteiger partial charge is 0.497 e. The Labute approximate surface area is 184 Å². The van der Waals surface area contributed by atoms with Gasteiger partial charge in [0.15, 0.2) is 0 Å². The van der Waals surface area contributed by atoms with Crippen molar-refractivity contribution in [3.8, 4) is 5.75 Å². The fraction of sp³-hybridized carbons (Fsp3) is 0.440. The van der Waals surface area contributed by atoms with E-state index in [0.29, 0.717) is 12.6 Å². The van der Waals surface area contributed by atoms with E-state index in [0.717, 1.165) is 53.2 Å². The molecule has 1 amide bonds. The van der Waals surface area contributed by atoms with Crippen molar-refractivity contribution in [2.45, 2.75) is 45.8 Å². The zero-order chi connectivity index (χ0) is 22.1. The van der Waals surface area contributed by atoms with Crippen LogP contribution in [-0.4, -0.2) is 64.6 Å². The van der Waals surface area contributed by atoms with Crippen molar-refractivity contribution >= 4 is 16.9 Å². The van der Waals surface area contributed by atoms with Gasteiger partial charge in [-0.25, -0.2) is 4.98 Å². The number of rotatable bonds is 6. The van der Waals surface area contributed by atoms with E-state index < -0.39 is 0 Å². The van der Waals surface area contributed by atoms with Crippen LogP contribution in [0.2, 0.25) is 0 Å². The Balaban J connectivity index is 1.47. The van der Waals surface area contributed by atoms with E-state index in [-0.39, 0.29) is 11.9 Å². The topological polar surface area (TPSA) is 50.6 Å². The molecule has 1 aliphatic heterocycles. The highest BCUT2D eigenvalue weighted by molar-refractivity contribution is 5.94.